The van der Waals surface area contributed by atoms with Crippen molar-refractivity contribution in [2.45, 2.75) is 232 Å². The number of unbranched alkanes of at least 4 members (excludes halogenated alkanes) is 16. The molecule has 0 radical (unpaired) electrons. The van der Waals surface area contributed by atoms with Crippen molar-refractivity contribution in [3.05, 3.63) is 109 Å². The van der Waals surface area contributed by atoms with Crippen LogP contribution in [0.25, 0.3) is 0 Å². The maximum atomic E-state index is 13.2. The van der Waals surface area contributed by atoms with E-state index < -0.39 is 18.2 Å². The number of esters is 1. The highest BCUT2D eigenvalue weighted by molar-refractivity contribution is 5.78. The van der Waals surface area contributed by atoms with E-state index in [9.17, 15) is 19.8 Å². The number of ether oxygens (including phenoxy) is 1. The predicted octanol–water partition coefficient (Wildman–Crippen LogP) is 15.5. The molecular weight excluding hydrogens is 779 g/mol. The van der Waals surface area contributed by atoms with E-state index in [1.807, 2.05) is 6.08 Å². The summed E-state index contributed by atoms with van der Waals surface area (Å²) >= 11 is 0. The summed E-state index contributed by atoms with van der Waals surface area (Å²) in [5.41, 5.74) is 0. The lowest BCUT2D eigenvalue weighted by Crippen LogP contribution is -2.46. The SMILES string of the molecule is CC/C=C/C/C=C/C/C=C/C/C=C/C/C=C/C(CC(=O)NC(CO)C(O)CCCCCCCCCCCCCCC)OC(=O)CCC/C=C\C/C=C\C/C=C\C/C=C\CCCCC. The van der Waals surface area contributed by atoms with Crippen molar-refractivity contribution in [1.29, 1.82) is 0 Å². The molecule has 0 heterocycles. The number of rotatable bonds is 44. The van der Waals surface area contributed by atoms with Crippen LogP contribution in [0.2, 0.25) is 0 Å². The Labute approximate surface area is 388 Å². The van der Waals surface area contributed by atoms with Crippen LogP contribution in [0, 0.1) is 0 Å². The fourth-order valence-corrected chi connectivity index (χ4v) is 6.97. The lowest BCUT2D eigenvalue weighted by Gasteiger charge is -2.23. The summed E-state index contributed by atoms with van der Waals surface area (Å²) in [6.07, 6.45) is 67.5. The molecule has 0 rings (SSSR count). The Morgan fingerprint density at radius 2 is 0.889 bits per heavy atom. The molecule has 0 spiro atoms. The number of hydrogen-bond donors (Lipinski definition) is 3. The largest absolute Gasteiger partial charge is 0.458 e. The van der Waals surface area contributed by atoms with Gasteiger partial charge in [0.1, 0.15) is 6.10 Å². The Bertz CT molecular complexity index is 1300. The zero-order valence-corrected chi connectivity index (χ0v) is 40.7. The van der Waals surface area contributed by atoms with Crippen molar-refractivity contribution in [1.82, 2.24) is 5.32 Å². The van der Waals surface area contributed by atoms with Gasteiger partial charge in [-0.25, -0.2) is 0 Å². The number of nitrogens with one attached hydrogen (secondary N) is 1. The Morgan fingerprint density at radius 1 is 0.492 bits per heavy atom. The number of aliphatic hydroxyl groups excluding tert-OH is 2. The van der Waals surface area contributed by atoms with Crippen molar-refractivity contribution < 1.29 is 24.5 Å². The van der Waals surface area contributed by atoms with Gasteiger partial charge in [-0.1, -0.05) is 220 Å². The number of hydrogen-bond acceptors (Lipinski definition) is 5. The second-order valence-corrected chi connectivity index (χ2v) is 16.8. The second-order valence-electron chi connectivity index (χ2n) is 16.8. The monoisotopic (exact) mass is 874 g/mol. The first-order chi connectivity index (χ1) is 31.0. The van der Waals surface area contributed by atoms with E-state index >= 15 is 0 Å². The van der Waals surface area contributed by atoms with Crippen LogP contribution in [0.5, 0.6) is 0 Å². The van der Waals surface area contributed by atoms with Crippen LogP contribution in [0.3, 0.4) is 0 Å². The highest BCUT2D eigenvalue weighted by Gasteiger charge is 2.23. The van der Waals surface area contributed by atoms with E-state index in [-0.39, 0.29) is 31.3 Å². The molecule has 358 valence electrons. The normalized spacial score (nSPS) is 14.2. The van der Waals surface area contributed by atoms with Crippen LogP contribution < -0.4 is 5.32 Å². The van der Waals surface area contributed by atoms with E-state index in [2.05, 4.69) is 123 Å². The number of allylic oxidation sites excluding steroid dienone is 17. The third-order valence-electron chi connectivity index (χ3n) is 10.8. The molecule has 3 atom stereocenters. The fraction of sp³-hybridized carbons (Fsp3) is 0.649. The van der Waals surface area contributed by atoms with Crippen molar-refractivity contribution >= 4 is 11.9 Å². The summed E-state index contributed by atoms with van der Waals surface area (Å²) in [6.45, 7) is 6.28. The van der Waals surface area contributed by atoms with Crippen LogP contribution in [0.1, 0.15) is 213 Å². The lowest BCUT2D eigenvalue weighted by atomic mass is 10.0. The standard InChI is InChI=1S/C57H95NO5/c1-4-7-10-13-16-19-22-25-27-28-29-32-35-38-41-44-47-50-57(62)63-53(48-45-42-39-36-33-31-26-23-20-17-14-11-8-5-2)51-56(61)58-54(52-59)55(60)49-46-43-40-37-34-30-24-21-18-15-12-9-6-3/h8,11,16-17,19-20,25-27,29,31-32,36,38-39,41,45,48,53-55,59-60H,4-7,9-10,12-15,18,21-24,28,30,33-35,37,40,42-44,46-47,49-52H2,1-3H3,(H,58,61)/b11-8+,19-16-,20-17+,27-25-,31-26+,32-29-,39-36+,41-38-,48-45+. The molecular formula is C57H95NO5. The van der Waals surface area contributed by atoms with Gasteiger partial charge in [-0.3, -0.25) is 9.59 Å². The second kappa shape index (κ2) is 49.5. The number of carbonyl (C=O) groups excluding carboxylic acids is 2. The maximum absolute atomic E-state index is 13.2. The topological polar surface area (TPSA) is 95.9 Å². The first-order valence-electron chi connectivity index (χ1n) is 25.6. The van der Waals surface area contributed by atoms with Gasteiger partial charge in [0.2, 0.25) is 5.91 Å². The Morgan fingerprint density at radius 3 is 1.35 bits per heavy atom. The minimum Gasteiger partial charge on any atom is -0.458 e. The van der Waals surface area contributed by atoms with Gasteiger partial charge in [-0.15, -0.1) is 0 Å². The smallest absolute Gasteiger partial charge is 0.306 e. The van der Waals surface area contributed by atoms with E-state index in [1.54, 1.807) is 6.08 Å². The highest BCUT2D eigenvalue weighted by Crippen LogP contribution is 2.15. The fourth-order valence-electron chi connectivity index (χ4n) is 6.97. The Hall–Kier alpha value is -3.48. The summed E-state index contributed by atoms with van der Waals surface area (Å²) in [5, 5.41) is 23.7. The van der Waals surface area contributed by atoms with Gasteiger partial charge in [0.05, 0.1) is 25.2 Å². The molecule has 0 aliphatic heterocycles. The summed E-state index contributed by atoms with van der Waals surface area (Å²) in [5.74, 6) is -0.705. The molecule has 0 aliphatic carbocycles. The van der Waals surface area contributed by atoms with Crippen LogP contribution in [0.4, 0.5) is 0 Å². The van der Waals surface area contributed by atoms with E-state index in [0.29, 0.717) is 19.3 Å². The number of aliphatic hydroxyl groups is 2. The van der Waals surface area contributed by atoms with Crippen molar-refractivity contribution in [3.63, 3.8) is 0 Å². The summed E-state index contributed by atoms with van der Waals surface area (Å²) < 4.78 is 5.79. The van der Waals surface area contributed by atoms with E-state index in [0.717, 1.165) is 70.6 Å². The van der Waals surface area contributed by atoms with Gasteiger partial charge in [-0.2, -0.15) is 0 Å². The summed E-state index contributed by atoms with van der Waals surface area (Å²) in [4.78, 5) is 26.1. The minimum atomic E-state index is -0.834. The molecule has 0 saturated heterocycles. The van der Waals surface area contributed by atoms with Gasteiger partial charge >= 0.3 is 5.97 Å². The van der Waals surface area contributed by atoms with Gasteiger partial charge in [0.15, 0.2) is 0 Å². The molecule has 6 heteroatoms. The van der Waals surface area contributed by atoms with Gasteiger partial charge in [-0.05, 0) is 89.5 Å². The molecule has 3 N–H and O–H groups in total. The molecule has 3 unspecified atom stereocenters. The summed E-state index contributed by atoms with van der Waals surface area (Å²) in [6, 6.07) is -0.759. The lowest BCUT2D eigenvalue weighted by molar-refractivity contribution is -0.148. The quantitative estimate of drug-likeness (QED) is 0.0322. The molecule has 1 amide bonds. The van der Waals surface area contributed by atoms with Crippen LogP contribution >= 0.6 is 0 Å². The third-order valence-corrected chi connectivity index (χ3v) is 10.8. The maximum Gasteiger partial charge on any atom is 0.306 e. The van der Waals surface area contributed by atoms with Crippen molar-refractivity contribution in [2.24, 2.45) is 0 Å². The highest BCUT2D eigenvalue weighted by atomic mass is 16.5. The zero-order chi connectivity index (χ0) is 45.9. The molecule has 6 nitrogen and oxygen atoms in total. The number of amides is 1. The van der Waals surface area contributed by atoms with Crippen LogP contribution in [0.15, 0.2) is 109 Å². The van der Waals surface area contributed by atoms with E-state index in [4.69, 9.17) is 4.74 Å². The predicted molar refractivity (Wildman–Crippen MR) is 273 cm³/mol. The minimum absolute atomic E-state index is 0.0738. The first-order valence-corrected chi connectivity index (χ1v) is 25.6. The van der Waals surface area contributed by atoms with Crippen molar-refractivity contribution in [2.75, 3.05) is 6.61 Å². The number of carbonyl (C=O) groups is 2. The van der Waals surface area contributed by atoms with Crippen molar-refractivity contribution in [3.8, 4) is 0 Å². The molecule has 0 fully saturated rings. The molecule has 0 aliphatic rings. The van der Waals surface area contributed by atoms with Gasteiger partial charge in [0.25, 0.3) is 0 Å². The molecule has 0 bridgehead atoms. The molecule has 63 heavy (non-hydrogen) atoms. The van der Waals surface area contributed by atoms with Crippen LogP contribution in [-0.4, -0.2) is 46.9 Å². The third kappa shape index (κ3) is 44.9. The first kappa shape index (κ1) is 59.5. The van der Waals surface area contributed by atoms with Gasteiger partial charge in [0, 0.05) is 6.42 Å². The average molecular weight is 874 g/mol. The molecule has 0 aromatic rings. The van der Waals surface area contributed by atoms with Gasteiger partial charge < -0.3 is 20.3 Å². The summed E-state index contributed by atoms with van der Waals surface area (Å²) in [7, 11) is 0. The van der Waals surface area contributed by atoms with E-state index in [1.165, 1.54) is 89.9 Å². The Balaban J connectivity index is 4.84. The van der Waals surface area contributed by atoms with Crippen LogP contribution in [-0.2, 0) is 14.3 Å². The average Bonchev–Trinajstić information content (AvgIpc) is 3.28. The molecule has 0 aromatic heterocycles. The Kier molecular flexibility index (Phi) is 46.8. The molecule has 0 saturated carbocycles. The zero-order valence-electron chi connectivity index (χ0n) is 40.7. The molecule has 0 aromatic carbocycles.